The first-order valence-electron chi connectivity index (χ1n) is 0.123. The van der Waals surface area contributed by atoms with Gasteiger partial charge in [-0.1, -0.05) is 0 Å². The third-order valence-corrected chi connectivity index (χ3v) is 0. The molecular formula is BaCaCuOTl. The number of hydrogen-bond donors (Lipinski definition) is 0. The third kappa shape index (κ3) is 17.9. The largest absolute Gasteiger partial charge is 0 e. The van der Waals surface area contributed by atoms with Gasteiger partial charge in [-0.05, 0) is 0 Å². The second-order valence-electron chi connectivity index (χ2n) is 0. The van der Waals surface area contributed by atoms with Crippen LogP contribution in [-0.4, -0.2) is 114 Å². The van der Waals surface area contributed by atoms with Crippen LogP contribution < -0.4 is 0 Å². The molecule has 5 radical (unpaired) electrons. The van der Waals surface area contributed by atoms with E-state index in [4.69, 9.17) is 3.83 Å². The van der Waals surface area contributed by atoms with E-state index >= 15 is 0 Å². The molecule has 0 spiro atoms. The van der Waals surface area contributed by atoms with Crippen LogP contribution >= 0.6 is 0 Å². The predicted octanol–water partition coefficient (Wildman–Crippen LogP) is -1.26. The molecule has 24 valence electrons. The molecular weight excluding hydrogens is 461 g/mol. The first-order valence-corrected chi connectivity index (χ1v) is 0.508. The van der Waals surface area contributed by atoms with Crippen LogP contribution in [0.3, 0.4) is 0 Å². The molecule has 5 heavy (non-hydrogen) atoms. The van der Waals surface area contributed by atoms with Gasteiger partial charge >= 0.3 is 19.8 Å². The number of hydrogen-bond acceptors (Lipinski definition) is 1. The van der Waals surface area contributed by atoms with Crippen LogP contribution in [0.2, 0.25) is 0 Å². The van der Waals surface area contributed by atoms with E-state index in [-0.39, 0.29) is 114 Å². The summed E-state index contributed by atoms with van der Waals surface area (Å²) in [6.07, 6.45) is 0. The third-order valence-electron chi connectivity index (χ3n) is 0. The van der Waals surface area contributed by atoms with Crippen LogP contribution in [0.25, 0.3) is 0 Å². The Morgan fingerprint density at radius 1 is 1.20 bits per heavy atom. The summed E-state index contributed by atoms with van der Waals surface area (Å²) in [4.78, 5) is 0. The molecule has 0 fully saturated rings. The minimum absolute atomic E-state index is 0. The van der Waals surface area contributed by atoms with Crippen molar-refractivity contribution < 1.29 is 19.8 Å². The Bertz CT molecular complexity index is 11.6. The topological polar surface area (TPSA) is 17.1 Å². The van der Waals surface area contributed by atoms with Gasteiger partial charge in [0, 0.05) is 114 Å². The number of rotatable bonds is 0. The fraction of sp³-hybridized carbons (Fsp3) is 0. The zero-order valence-corrected chi connectivity index (χ0v) is 14.8. The molecule has 1 nitrogen and oxygen atoms in total. The van der Waals surface area contributed by atoms with Crippen LogP contribution in [0.1, 0.15) is 0 Å². The van der Waals surface area contributed by atoms with Crippen molar-refractivity contribution in [3.8, 4) is 0 Å². The van der Waals surface area contributed by atoms with Crippen molar-refractivity contribution in [1.82, 2.24) is 0 Å². The Kier molecular flexibility index (Phi) is 112. The summed E-state index contributed by atoms with van der Waals surface area (Å²) in [7, 11) is 0. The van der Waals surface area contributed by atoms with E-state index in [1.165, 1.54) is 0 Å². The zero-order valence-electron chi connectivity index (χ0n) is 2.70. The van der Waals surface area contributed by atoms with Gasteiger partial charge in [0.2, 0.25) is 0 Å². The maximum Gasteiger partial charge on any atom is 0 e. The quantitative estimate of drug-likeness (QED) is 0.412. The molecule has 0 atom stereocenters. The first-order chi connectivity index (χ1) is 1.00. The van der Waals surface area contributed by atoms with Crippen LogP contribution in [0, 0.1) is 0 Å². The van der Waals surface area contributed by atoms with Crippen molar-refractivity contribution in [3.05, 3.63) is 0 Å². The average Bonchev–Trinajstić information content (AvgIpc) is 1.00. The van der Waals surface area contributed by atoms with Crippen LogP contribution in [-0.2, 0) is 19.8 Å². The Morgan fingerprint density at radius 3 is 1.20 bits per heavy atom. The summed E-state index contributed by atoms with van der Waals surface area (Å²) in [6, 6.07) is 0. The first kappa shape index (κ1) is 23.0. The molecule has 0 aromatic rings. The Hall–Kier alpha value is 4.07. The van der Waals surface area contributed by atoms with Crippen molar-refractivity contribution in [2.24, 2.45) is 0 Å². The van der Waals surface area contributed by atoms with E-state index in [2.05, 4.69) is 15.9 Å². The van der Waals surface area contributed by atoms with Crippen LogP contribution in [0.5, 0.6) is 0 Å². The van der Waals surface area contributed by atoms with E-state index in [1.54, 1.807) is 0 Å². The van der Waals surface area contributed by atoms with Crippen molar-refractivity contribution in [1.29, 1.82) is 0 Å². The standard InChI is InChI=1S/Ba.Ca.Cu.O.Tl. The van der Waals surface area contributed by atoms with E-state index in [1.807, 2.05) is 0 Å². The summed E-state index contributed by atoms with van der Waals surface area (Å²) >= 11 is 2.94. The Morgan fingerprint density at radius 2 is 1.20 bits per heavy atom. The molecule has 0 aromatic heterocycles. The maximum atomic E-state index is 7.81. The monoisotopic (exact) mass is 462 g/mol. The smallest absolute Gasteiger partial charge is 0 e. The normalized spacial score (nSPS) is 1.20. The van der Waals surface area contributed by atoms with Gasteiger partial charge in [-0.25, -0.2) is 0 Å². The van der Waals surface area contributed by atoms with Gasteiger partial charge in [-0.3, -0.25) is 0 Å². The molecule has 0 unspecified atom stereocenters. The van der Waals surface area contributed by atoms with Crippen molar-refractivity contribution in [2.75, 3.05) is 0 Å². The summed E-state index contributed by atoms with van der Waals surface area (Å²) in [5.74, 6) is 0. The SMILES string of the molecule is [Ba].[Ca].[O]=[Cu].[Tl]. The van der Waals surface area contributed by atoms with Crippen molar-refractivity contribution in [3.63, 3.8) is 0 Å². The molecule has 0 N–H and O–H groups in total. The predicted molar refractivity (Wildman–Crippen MR) is 17.9 cm³/mol. The van der Waals surface area contributed by atoms with E-state index < -0.39 is 0 Å². The van der Waals surface area contributed by atoms with Crippen molar-refractivity contribution >= 4 is 114 Å². The molecule has 5 heteroatoms. The minimum atomic E-state index is 0. The van der Waals surface area contributed by atoms with Crippen LogP contribution in [0.15, 0.2) is 0 Å². The summed E-state index contributed by atoms with van der Waals surface area (Å²) in [5.41, 5.74) is 0. The Balaban J connectivity index is -0.00000000167. The Labute approximate surface area is 130 Å². The zero-order chi connectivity index (χ0) is 2.00. The van der Waals surface area contributed by atoms with Gasteiger partial charge in [0.1, 0.15) is 0 Å². The summed E-state index contributed by atoms with van der Waals surface area (Å²) in [6.45, 7) is 0. The maximum absolute atomic E-state index is 7.81. The second kappa shape index (κ2) is 24.3. The van der Waals surface area contributed by atoms with Crippen molar-refractivity contribution in [2.45, 2.75) is 0 Å². The van der Waals surface area contributed by atoms with Gasteiger partial charge in [0.05, 0.1) is 0 Å². The molecule has 0 aliphatic heterocycles. The minimum Gasteiger partial charge on any atom is 0 e. The van der Waals surface area contributed by atoms with E-state index in [0.717, 1.165) is 0 Å². The molecule has 0 bridgehead atoms. The summed E-state index contributed by atoms with van der Waals surface area (Å²) < 4.78 is 7.81. The molecule has 0 saturated carbocycles. The molecule has 0 aliphatic carbocycles. The molecule has 0 heterocycles. The van der Waals surface area contributed by atoms with Gasteiger partial charge in [0.15, 0.2) is 0 Å². The molecule has 0 aliphatic rings. The molecule has 0 saturated heterocycles. The fourth-order valence-corrected chi connectivity index (χ4v) is 0. The van der Waals surface area contributed by atoms with Gasteiger partial charge in [0.25, 0.3) is 0 Å². The van der Waals surface area contributed by atoms with Gasteiger partial charge in [-0.2, -0.15) is 0 Å². The second-order valence-corrected chi connectivity index (χ2v) is 0. The fourth-order valence-electron chi connectivity index (χ4n) is 0. The van der Waals surface area contributed by atoms with E-state index in [9.17, 15) is 0 Å². The van der Waals surface area contributed by atoms with Crippen LogP contribution in [0.4, 0.5) is 0 Å². The molecule has 0 amide bonds. The summed E-state index contributed by atoms with van der Waals surface area (Å²) in [5, 5.41) is 0. The molecule has 0 rings (SSSR count). The van der Waals surface area contributed by atoms with Gasteiger partial charge < -0.3 is 0 Å². The van der Waals surface area contributed by atoms with Gasteiger partial charge in [-0.15, -0.1) is 0 Å². The average molecular weight is 461 g/mol. The van der Waals surface area contributed by atoms with E-state index in [0.29, 0.717) is 0 Å². The molecule has 0 aromatic carbocycles.